The Kier molecular flexibility index (Phi) is 5.15. The minimum Gasteiger partial charge on any atom is -0.466 e. The highest BCUT2D eigenvalue weighted by Crippen LogP contribution is 2.20. The summed E-state index contributed by atoms with van der Waals surface area (Å²) < 4.78 is 5.66. The summed E-state index contributed by atoms with van der Waals surface area (Å²) in [5.74, 6) is -0.885. The van der Waals surface area contributed by atoms with Crippen molar-refractivity contribution >= 4 is 33.5 Å². The summed E-state index contributed by atoms with van der Waals surface area (Å²) in [4.78, 5) is 22.5. The van der Waals surface area contributed by atoms with Crippen LogP contribution in [0.4, 0.5) is 5.69 Å². The predicted molar refractivity (Wildman–Crippen MR) is 68.8 cm³/mol. The second-order valence-corrected chi connectivity index (χ2v) is 4.35. The van der Waals surface area contributed by atoms with Crippen molar-refractivity contribution in [3.63, 3.8) is 0 Å². The lowest BCUT2D eigenvalue weighted by atomic mass is 10.2. The third-order valence-corrected chi connectivity index (χ3v) is 2.94. The smallest absolute Gasteiger partial charge is 0.315 e. The zero-order chi connectivity index (χ0) is 12.8. The van der Waals surface area contributed by atoms with E-state index in [0.717, 1.165) is 10.0 Å². The van der Waals surface area contributed by atoms with Crippen LogP contribution < -0.4 is 5.32 Å². The van der Waals surface area contributed by atoms with Crippen molar-refractivity contribution in [1.82, 2.24) is 0 Å². The Morgan fingerprint density at radius 2 is 2.12 bits per heavy atom. The van der Waals surface area contributed by atoms with Gasteiger partial charge in [-0.1, -0.05) is 15.9 Å². The van der Waals surface area contributed by atoms with Gasteiger partial charge in [-0.05, 0) is 37.6 Å². The average Bonchev–Trinajstić information content (AvgIpc) is 2.23. The SMILES string of the molecule is CCOC(=O)CC(=O)Nc1ccc(Br)c(C)c1. The van der Waals surface area contributed by atoms with E-state index in [1.807, 2.05) is 19.1 Å². The molecule has 0 saturated heterocycles. The second-order valence-electron chi connectivity index (χ2n) is 3.49. The molecule has 0 saturated carbocycles. The lowest BCUT2D eigenvalue weighted by molar-refractivity contribution is -0.145. The number of ether oxygens (including phenoxy) is 1. The molecule has 5 heteroatoms. The van der Waals surface area contributed by atoms with E-state index in [-0.39, 0.29) is 18.9 Å². The number of halogens is 1. The summed E-state index contributed by atoms with van der Waals surface area (Å²) in [5.41, 5.74) is 1.68. The normalized spacial score (nSPS) is 9.82. The minimum absolute atomic E-state index is 0.261. The Bertz CT molecular complexity index is 432. The number of carbonyl (C=O) groups is 2. The molecule has 0 bridgehead atoms. The van der Waals surface area contributed by atoms with Gasteiger partial charge in [0.05, 0.1) is 6.61 Å². The van der Waals surface area contributed by atoms with Gasteiger partial charge in [-0.3, -0.25) is 9.59 Å². The molecule has 17 heavy (non-hydrogen) atoms. The molecule has 0 aromatic heterocycles. The Morgan fingerprint density at radius 1 is 1.41 bits per heavy atom. The molecule has 0 aliphatic heterocycles. The van der Waals surface area contributed by atoms with Crippen molar-refractivity contribution in [2.24, 2.45) is 0 Å². The molecule has 0 aliphatic carbocycles. The molecule has 0 heterocycles. The van der Waals surface area contributed by atoms with E-state index in [1.54, 1.807) is 13.0 Å². The molecule has 1 aromatic carbocycles. The number of amides is 1. The maximum Gasteiger partial charge on any atom is 0.315 e. The van der Waals surface area contributed by atoms with Gasteiger partial charge in [-0.15, -0.1) is 0 Å². The largest absolute Gasteiger partial charge is 0.466 e. The van der Waals surface area contributed by atoms with E-state index >= 15 is 0 Å². The van der Waals surface area contributed by atoms with Crippen molar-refractivity contribution in [3.8, 4) is 0 Å². The molecule has 0 unspecified atom stereocenters. The van der Waals surface area contributed by atoms with Crippen LogP contribution in [-0.4, -0.2) is 18.5 Å². The first-order valence-electron chi connectivity index (χ1n) is 5.24. The first-order valence-corrected chi connectivity index (χ1v) is 6.04. The second kappa shape index (κ2) is 6.39. The lowest BCUT2D eigenvalue weighted by Crippen LogP contribution is -2.18. The fraction of sp³-hybridized carbons (Fsp3) is 0.333. The number of esters is 1. The minimum atomic E-state index is -0.515. The number of nitrogens with one attached hydrogen (secondary N) is 1. The summed E-state index contributed by atoms with van der Waals surface area (Å²) in [7, 11) is 0. The Labute approximate surface area is 108 Å². The van der Waals surface area contributed by atoms with Crippen molar-refractivity contribution in [1.29, 1.82) is 0 Å². The highest BCUT2D eigenvalue weighted by atomic mass is 79.9. The lowest BCUT2D eigenvalue weighted by Gasteiger charge is -2.06. The van der Waals surface area contributed by atoms with E-state index in [2.05, 4.69) is 26.0 Å². The molecule has 1 rings (SSSR count). The number of hydrogen-bond acceptors (Lipinski definition) is 3. The first-order chi connectivity index (χ1) is 8.02. The summed E-state index contributed by atoms with van der Waals surface area (Å²) >= 11 is 3.37. The van der Waals surface area contributed by atoms with Crippen molar-refractivity contribution in [2.45, 2.75) is 20.3 Å². The van der Waals surface area contributed by atoms with Gasteiger partial charge in [-0.25, -0.2) is 0 Å². The number of anilines is 1. The Morgan fingerprint density at radius 3 is 2.71 bits per heavy atom. The molecule has 0 atom stereocenters. The average molecular weight is 300 g/mol. The van der Waals surface area contributed by atoms with E-state index < -0.39 is 5.97 Å². The molecule has 0 aliphatic rings. The quantitative estimate of drug-likeness (QED) is 0.687. The van der Waals surface area contributed by atoms with Crippen LogP contribution in [0.15, 0.2) is 22.7 Å². The van der Waals surface area contributed by atoms with Gasteiger partial charge in [-0.2, -0.15) is 0 Å². The van der Waals surface area contributed by atoms with Crippen LogP contribution in [-0.2, 0) is 14.3 Å². The molecule has 1 amide bonds. The van der Waals surface area contributed by atoms with Crippen LogP contribution in [0, 0.1) is 6.92 Å². The third-order valence-electron chi connectivity index (χ3n) is 2.05. The summed E-state index contributed by atoms with van der Waals surface area (Å²) in [6.07, 6.45) is -0.261. The number of hydrogen-bond donors (Lipinski definition) is 1. The van der Waals surface area contributed by atoms with Crippen LogP contribution in [0.2, 0.25) is 0 Å². The molecule has 0 fully saturated rings. The predicted octanol–water partition coefficient (Wildman–Crippen LogP) is 2.65. The van der Waals surface area contributed by atoms with Gasteiger partial charge in [0.15, 0.2) is 0 Å². The van der Waals surface area contributed by atoms with Crippen LogP contribution in [0.3, 0.4) is 0 Å². The fourth-order valence-corrected chi connectivity index (χ4v) is 1.52. The maximum absolute atomic E-state index is 11.5. The summed E-state index contributed by atoms with van der Waals surface area (Å²) in [6.45, 7) is 3.91. The zero-order valence-electron chi connectivity index (χ0n) is 9.75. The van der Waals surface area contributed by atoms with Gasteiger partial charge in [0.1, 0.15) is 6.42 Å². The molecule has 0 radical (unpaired) electrons. The molecule has 4 nitrogen and oxygen atoms in total. The number of rotatable bonds is 4. The van der Waals surface area contributed by atoms with E-state index in [0.29, 0.717) is 5.69 Å². The fourth-order valence-electron chi connectivity index (χ4n) is 1.27. The summed E-state index contributed by atoms with van der Waals surface area (Å²) in [6, 6.07) is 5.43. The van der Waals surface area contributed by atoms with Crippen LogP contribution in [0.5, 0.6) is 0 Å². The topological polar surface area (TPSA) is 55.4 Å². The van der Waals surface area contributed by atoms with Crippen molar-refractivity contribution in [2.75, 3.05) is 11.9 Å². The van der Waals surface area contributed by atoms with Crippen molar-refractivity contribution in [3.05, 3.63) is 28.2 Å². The van der Waals surface area contributed by atoms with Gasteiger partial charge >= 0.3 is 5.97 Å². The standard InChI is InChI=1S/C12H14BrNO3/c1-3-17-12(16)7-11(15)14-9-4-5-10(13)8(2)6-9/h4-6H,3,7H2,1-2H3,(H,14,15). The highest BCUT2D eigenvalue weighted by Gasteiger charge is 2.10. The van der Waals surface area contributed by atoms with Crippen LogP contribution >= 0.6 is 15.9 Å². The van der Waals surface area contributed by atoms with Gasteiger partial charge < -0.3 is 10.1 Å². The molecule has 0 spiro atoms. The maximum atomic E-state index is 11.5. The van der Waals surface area contributed by atoms with Gasteiger partial charge in [0.25, 0.3) is 0 Å². The number of carbonyl (C=O) groups excluding carboxylic acids is 2. The van der Waals surface area contributed by atoms with Gasteiger partial charge in [0, 0.05) is 10.2 Å². The van der Waals surface area contributed by atoms with E-state index in [1.165, 1.54) is 0 Å². The number of benzene rings is 1. The highest BCUT2D eigenvalue weighted by molar-refractivity contribution is 9.10. The van der Waals surface area contributed by atoms with Crippen molar-refractivity contribution < 1.29 is 14.3 Å². The van der Waals surface area contributed by atoms with Crippen LogP contribution in [0.1, 0.15) is 18.9 Å². The van der Waals surface area contributed by atoms with Crippen LogP contribution in [0.25, 0.3) is 0 Å². The monoisotopic (exact) mass is 299 g/mol. The van der Waals surface area contributed by atoms with E-state index in [4.69, 9.17) is 0 Å². The van der Waals surface area contributed by atoms with Gasteiger partial charge in [0.2, 0.25) is 5.91 Å². The molecule has 92 valence electrons. The molecular weight excluding hydrogens is 286 g/mol. The molecule has 1 N–H and O–H groups in total. The number of aryl methyl sites for hydroxylation is 1. The first kappa shape index (κ1) is 13.7. The van der Waals surface area contributed by atoms with E-state index in [9.17, 15) is 9.59 Å². The Hall–Kier alpha value is -1.36. The summed E-state index contributed by atoms with van der Waals surface area (Å²) in [5, 5.41) is 2.64. The molecule has 1 aromatic rings. The zero-order valence-corrected chi connectivity index (χ0v) is 11.3. The molecular formula is C12H14BrNO3. The Balaban J connectivity index is 2.56. The third kappa shape index (κ3) is 4.56.